The van der Waals surface area contributed by atoms with Gasteiger partial charge < -0.3 is 31.7 Å². The number of fused-ring (bicyclic) bond motifs is 2. The standard InChI is InChI=1S/C27H39N9O5S/c1-13(3-17(37)9-35-12-31-32-33-35)20-21-14(2)23(22(26(40)41)36(21)25(20)39)42-18-5-19(30-7-18)24(38)34-8-15-4-16(29)6-27(15,10-28)11-34/h12-16,18-21,30H,3-11,28-29H2,1-2H3,(H,40,41)/t13-,14+,15+,16-,18-,19-,20+,21+,27+/m0/s1. The molecule has 9 atom stereocenters. The number of hydrogen-bond acceptors (Lipinski definition) is 11. The topological polar surface area (TPSA) is 203 Å². The lowest BCUT2D eigenvalue weighted by molar-refractivity contribution is -0.160. The van der Waals surface area contributed by atoms with Crippen LogP contribution in [-0.2, 0) is 25.7 Å². The highest BCUT2D eigenvalue weighted by Gasteiger charge is 2.60. The summed E-state index contributed by atoms with van der Waals surface area (Å²) >= 11 is 1.47. The van der Waals surface area contributed by atoms with Gasteiger partial charge in [-0.25, -0.2) is 9.48 Å². The van der Waals surface area contributed by atoms with Crippen molar-refractivity contribution in [2.45, 2.75) is 69.5 Å². The fourth-order valence-electron chi connectivity index (χ4n) is 8.17. The van der Waals surface area contributed by atoms with Crippen molar-refractivity contribution in [2.75, 3.05) is 26.2 Å². The predicted molar refractivity (Wildman–Crippen MR) is 151 cm³/mol. The molecule has 1 aromatic rings. The van der Waals surface area contributed by atoms with Gasteiger partial charge in [0.1, 0.15) is 18.6 Å². The Morgan fingerprint density at radius 1 is 1.31 bits per heavy atom. The van der Waals surface area contributed by atoms with Crippen LogP contribution in [-0.4, -0.2) is 108 Å². The maximum absolute atomic E-state index is 13.5. The third-order valence-corrected chi connectivity index (χ3v) is 11.7. The molecule has 4 fully saturated rings. The molecule has 15 heteroatoms. The number of carboxylic acid groups (broad SMARTS) is 1. The first-order chi connectivity index (χ1) is 20.0. The zero-order chi connectivity index (χ0) is 29.9. The second-order valence-electron chi connectivity index (χ2n) is 12.9. The van der Waals surface area contributed by atoms with Crippen molar-refractivity contribution < 1.29 is 24.3 Å². The van der Waals surface area contributed by atoms with E-state index < -0.39 is 11.9 Å². The van der Waals surface area contributed by atoms with E-state index in [9.17, 15) is 24.3 Å². The van der Waals surface area contributed by atoms with E-state index >= 15 is 0 Å². The number of β-lactam (4-membered cyclic amide) rings is 1. The molecule has 0 bridgehead atoms. The van der Waals surface area contributed by atoms with Gasteiger partial charge in [0.05, 0.1) is 18.0 Å². The smallest absolute Gasteiger partial charge is 0.353 e. The molecule has 0 aromatic carbocycles. The molecular formula is C27H39N9O5S. The van der Waals surface area contributed by atoms with Gasteiger partial charge >= 0.3 is 5.97 Å². The van der Waals surface area contributed by atoms with Crippen molar-refractivity contribution >= 4 is 35.3 Å². The van der Waals surface area contributed by atoms with Crippen LogP contribution in [0.15, 0.2) is 16.9 Å². The highest BCUT2D eigenvalue weighted by Crippen LogP contribution is 2.53. The van der Waals surface area contributed by atoms with Gasteiger partial charge in [0.15, 0.2) is 5.78 Å². The molecule has 228 valence electrons. The zero-order valence-corrected chi connectivity index (χ0v) is 24.7. The van der Waals surface area contributed by atoms with Crippen molar-refractivity contribution in [3.8, 4) is 0 Å². The number of carboxylic acids is 1. The van der Waals surface area contributed by atoms with Gasteiger partial charge in [-0.05, 0) is 41.5 Å². The Bertz CT molecular complexity index is 1310. The molecule has 1 saturated carbocycles. The zero-order valence-electron chi connectivity index (χ0n) is 23.9. The van der Waals surface area contributed by atoms with Gasteiger partial charge in [0.25, 0.3) is 0 Å². The number of likely N-dealkylation sites (tertiary alicyclic amines) is 1. The first-order valence-corrected chi connectivity index (χ1v) is 15.6. The molecule has 0 radical (unpaired) electrons. The minimum absolute atomic E-state index is 0.00714. The highest BCUT2D eigenvalue weighted by molar-refractivity contribution is 8.03. The van der Waals surface area contributed by atoms with Crippen molar-refractivity contribution in [3.63, 3.8) is 0 Å². The van der Waals surface area contributed by atoms with E-state index in [1.807, 2.05) is 18.7 Å². The number of tetrazole rings is 1. The first-order valence-electron chi connectivity index (χ1n) is 14.7. The van der Waals surface area contributed by atoms with E-state index in [1.165, 1.54) is 27.7 Å². The fourth-order valence-corrected chi connectivity index (χ4v) is 9.65. The number of thioether (sulfide) groups is 1. The SMILES string of the molecule is C[C@@H](CC(=O)Cn1cnnn1)[C@H]1C(=O)N2C(C(=O)O)=C(S[C@@H]3CN[C@H](C(=O)N4C[C@H]5C[C@H](N)C[C@@]5(CN)C4)C3)[C@H](C)[C@H]12. The lowest BCUT2D eigenvalue weighted by Gasteiger charge is -2.47. The van der Waals surface area contributed by atoms with Crippen molar-refractivity contribution in [2.24, 2.45) is 40.6 Å². The summed E-state index contributed by atoms with van der Waals surface area (Å²) in [5.41, 5.74) is 12.3. The monoisotopic (exact) mass is 601 g/mol. The van der Waals surface area contributed by atoms with Crippen LogP contribution in [0, 0.1) is 29.1 Å². The normalized spacial score (nSPS) is 36.3. The molecule has 6 N–H and O–H groups in total. The summed E-state index contributed by atoms with van der Waals surface area (Å²) in [4.78, 5) is 55.7. The summed E-state index contributed by atoms with van der Waals surface area (Å²) in [5.74, 6) is -1.97. The summed E-state index contributed by atoms with van der Waals surface area (Å²) in [6.07, 6.45) is 3.85. The Kier molecular flexibility index (Phi) is 7.64. The fraction of sp³-hybridized carbons (Fsp3) is 0.741. The largest absolute Gasteiger partial charge is 0.477 e. The van der Waals surface area contributed by atoms with Gasteiger partial charge in [0, 0.05) is 60.1 Å². The van der Waals surface area contributed by atoms with Gasteiger partial charge in [-0.1, -0.05) is 13.8 Å². The number of hydrogen-bond donors (Lipinski definition) is 4. The van der Waals surface area contributed by atoms with Crippen LogP contribution < -0.4 is 16.8 Å². The number of nitrogens with one attached hydrogen (secondary N) is 1. The number of nitrogens with zero attached hydrogens (tertiary/aromatic N) is 6. The molecule has 5 aliphatic rings. The molecule has 3 saturated heterocycles. The van der Waals surface area contributed by atoms with Gasteiger partial charge in [-0.15, -0.1) is 16.9 Å². The Morgan fingerprint density at radius 2 is 2.10 bits per heavy atom. The first kappa shape index (κ1) is 29.2. The van der Waals surface area contributed by atoms with E-state index in [0.717, 1.165) is 12.8 Å². The molecule has 6 rings (SSSR count). The van der Waals surface area contributed by atoms with E-state index in [2.05, 4.69) is 20.8 Å². The average Bonchev–Trinajstić information content (AvgIpc) is 3.74. The maximum atomic E-state index is 13.5. The number of aromatic nitrogens is 4. The van der Waals surface area contributed by atoms with Crippen molar-refractivity contribution in [3.05, 3.63) is 16.9 Å². The molecule has 4 aliphatic heterocycles. The summed E-state index contributed by atoms with van der Waals surface area (Å²) in [6, 6.07) is -0.505. The molecular weight excluding hydrogens is 562 g/mol. The Balaban J connectivity index is 1.09. The Hall–Kier alpha value is -2.88. The molecule has 1 aromatic heterocycles. The van der Waals surface area contributed by atoms with Crippen LogP contribution in [0.5, 0.6) is 0 Å². The van der Waals surface area contributed by atoms with Crippen molar-refractivity contribution in [1.29, 1.82) is 0 Å². The number of ketones is 1. The van der Waals surface area contributed by atoms with Gasteiger partial charge in [0.2, 0.25) is 11.8 Å². The predicted octanol–water partition coefficient (Wildman–Crippen LogP) is -0.970. The average molecular weight is 602 g/mol. The molecule has 14 nitrogen and oxygen atoms in total. The van der Waals surface area contributed by atoms with Crippen molar-refractivity contribution in [1.82, 2.24) is 35.3 Å². The summed E-state index contributed by atoms with van der Waals surface area (Å²) in [7, 11) is 0. The van der Waals surface area contributed by atoms with E-state index in [4.69, 9.17) is 11.5 Å². The summed E-state index contributed by atoms with van der Waals surface area (Å²) in [5, 5.41) is 24.3. The summed E-state index contributed by atoms with van der Waals surface area (Å²) < 4.78 is 1.34. The number of carbonyl (C=O) groups excluding carboxylic acids is 3. The van der Waals surface area contributed by atoms with Gasteiger partial charge in [-0.3, -0.25) is 14.4 Å². The lowest BCUT2D eigenvalue weighted by Crippen LogP contribution is -2.62. The third-order valence-electron chi connectivity index (χ3n) is 10.2. The molecule has 0 unspecified atom stereocenters. The van der Waals surface area contributed by atoms with E-state index in [1.54, 1.807) is 0 Å². The van der Waals surface area contributed by atoms with E-state index in [-0.39, 0.29) is 76.9 Å². The highest BCUT2D eigenvalue weighted by atomic mass is 32.2. The van der Waals surface area contributed by atoms with Crippen LogP contribution in [0.1, 0.15) is 39.5 Å². The molecule has 5 heterocycles. The molecule has 0 spiro atoms. The number of aliphatic carboxylic acids is 1. The summed E-state index contributed by atoms with van der Waals surface area (Å²) in [6.45, 7) is 6.25. The van der Waals surface area contributed by atoms with Crippen LogP contribution in [0.25, 0.3) is 0 Å². The number of amides is 2. The Morgan fingerprint density at radius 3 is 2.76 bits per heavy atom. The van der Waals surface area contributed by atoms with E-state index in [0.29, 0.717) is 43.4 Å². The number of Topliss-reactive ketones (excluding diaryl/α,β-unsaturated/α-hetero) is 1. The van der Waals surface area contributed by atoms with Crippen LogP contribution in [0.3, 0.4) is 0 Å². The van der Waals surface area contributed by atoms with Crippen LogP contribution in [0.2, 0.25) is 0 Å². The quantitative estimate of drug-likeness (QED) is 0.239. The third kappa shape index (κ3) is 4.83. The minimum atomic E-state index is -1.13. The second-order valence-corrected chi connectivity index (χ2v) is 14.2. The van der Waals surface area contributed by atoms with Gasteiger partial charge in [-0.2, -0.15) is 0 Å². The number of nitrogens with two attached hydrogens (primary N) is 2. The van der Waals surface area contributed by atoms with Crippen LogP contribution in [0.4, 0.5) is 0 Å². The second kappa shape index (κ2) is 11.0. The lowest BCUT2D eigenvalue weighted by atomic mass is 9.73. The van der Waals surface area contributed by atoms with Crippen LogP contribution >= 0.6 is 11.8 Å². The molecule has 42 heavy (non-hydrogen) atoms. The number of carbonyl (C=O) groups is 4. The number of rotatable bonds is 10. The maximum Gasteiger partial charge on any atom is 0.353 e. The molecule has 1 aliphatic carbocycles. The Labute approximate surface area is 247 Å². The minimum Gasteiger partial charge on any atom is -0.477 e. The molecule has 2 amide bonds.